The first-order valence-corrected chi connectivity index (χ1v) is 6.39. The smallest absolute Gasteiger partial charge is 0.545 e. The summed E-state index contributed by atoms with van der Waals surface area (Å²) in [6.45, 7) is 0. The Labute approximate surface area is 180 Å². The molecule has 0 saturated heterocycles. The van der Waals surface area contributed by atoms with Crippen LogP contribution in [0.3, 0.4) is 0 Å². The van der Waals surface area contributed by atoms with E-state index in [1.54, 1.807) is 0 Å². The predicted molar refractivity (Wildman–Crippen MR) is 104 cm³/mol. The fraction of sp³-hybridized carbons (Fsp3) is 0.125. The average Bonchev–Trinajstić information content (AvgIpc) is 2.53. The topological polar surface area (TPSA) is 350 Å². The maximum atomic E-state index is 10.6. The summed E-state index contributed by atoms with van der Waals surface area (Å²) in [4.78, 5) is 21.3. The number of carboxylic acid groups (broad SMARTS) is 2. The fourth-order valence-electron chi connectivity index (χ4n) is 2.00. The zero-order valence-electron chi connectivity index (χ0n) is 15.6. The predicted octanol–water partition coefficient (Wildman–Crippen LogP) is -7.18. The number of carbonyl (C=O) groups is 2. The van der Waals surface area contributed by atoms with Crippen LogP contribution in [0.15, 0.2) is 48.5 Å². The molecule has 0 amide bonds. The average molecular weight is 491 g/mol. The van der Waals surface area contributed by atoms with Gasteiger partial charge in [-0.1, -0.05) is 48.5 Å². The van der Waals surface area contributed by atoms with E-state index in [9.17, 15) is 30.0 Å². The van der Waals surface area contributed by atoms with Crippen molar-refractivity contribution < 1.29 is 84.8 Å². The number of aliphatic hydroxyl groups excluding tert-OH is 2. The van der Waals surface area contributed by atoms with Crippen LogP contribution in [-0.2, 0) is 49.3 Å². The molecule has 2 atom stereocenters. The van der Waals surface area contributed by atoms with Gasteiger partial charge >= 0.3 is 16.5 Å². The molecule has 0 radical (unpaired) electrons. The van der Waals surface area contributed by atoms with Crippen molar-refractivity contribution in [3.63, 3.8) is 0 Å². The first kappa shape index (κ1) is 46.0. The summed E-state index contributed by atoms with van der Waals surface area (Å²) >= 11 is 0. The second-order valence-corrected chi connectivity index (χ2v) is 4.71. The van der Waals surface area contributed by atoms with Crippen LogP contribution in [0.25, 0.3) is 0 Å². The number of hydrogen-bond donors (Lipinski definition) is 2. The second kappa shape index (κ2) is 19.8. The molecule has 0 fully saturated rings. The summed E-state index contributed by atoms with van der Waals surface area (Å²) in [5.74, 6) is -2.67. The van der Waals surface area contributed by atoms with Gasteiger partial charge in [-0.2, -0.15) is 0 Å². The summed E-state index contributed by atoms with van der Waals surface area (Å²) in [5, 5.41) is 41.5. The molecule has 2 aromatic carbocycles. The Hall–Kier alpha value is -2.49. The number of benzene rings is 2. The van der Waals surface area contributed by atoms with Crippen LogP contribution >= 0.6 is 0 Å². The number of carboxylic acids is 2. The molecule has 2 aromatic rings. The van der Waals surface area contributed by atoms with Crippen molar-refractivity contribution in [2.24, 2.45) is 0 Å². The molecule has 0 spiro atoms. The molecule has 0 unspecified atom stereocenters. The van der Waals surface area contributed by atoms with E-state index in [4.69, 9.17) is 0 Å². The van der Waals surface area contributed by atoms with Crippen LogP contribution in [0, 0.1) is 0 Å². The van der Waals surface area contributed by atoms with Gasteiger partial charge in [0.25, 0.3) is 0 Å². The molecule has 0 aliphatic heterocycles. The molecule has 22 N–H and O–H groups in total. The van der Waals surface area contributed by atoms with E-state index < -0.39 is 24.1 Å². The zero-order chi connectivity index (χ0) is 16.3. The summed E-state index contributed by atoms with van der Waals surface area (Å²) in [5.41, 5.74) is 0.565. The molecule has 0 saturated carbocycles. The van der Waals surface area contributed by atoms with Gasteiger partial charge in [0.05, 0.1) is 11.9 Å². The Bertz CT molecular complexity index is 630. The molecule has 13 nitrogen and oxygen atoms in total. The van der Waals surface area contributed by atoms with Gasteiger partial charge in [0.2, 0.25) is 0 Å². The summed E-state index contributed by atoms with van der Waals surface area (Å²) in [7, 11) is 0. The summed E-state index contributed by atoms with van der Waals surface area (Å²) < 4.78 is 0. The third-order valence-electron chi connectivity index (χ3n) is 3.27. The van der Waals surface area contributed by atoms with E-state index >= 15 is 0 Å². The minimum absolute atomic E-state index is 0. The Kier molecular flexibility index (Phi) is 30.4. The molecule has 30 heavy (non-hydrogen) atoms. The molecule has 0 aliphatic carbocycles. The van der Waals surface area contributed by atoms with E-state index in [1.807, 2.05) is 0 Å². The number of rotatable bonds is 5. The molecule has 14 heteroatoms. The Balaban J connectivity index is -0.000000132. The van der Waals surface area contributed by atoms with Crippen molar-refractivity contribution in [2.75, 3.05) is 0 Å². The molecule has 0 aliphatic rings. The van der Waals surface area contributed by atoms with Crippen molar-refractivity contribution in [1.29, 1.82) is 0 Å². The van der Waals surface area contributed by atoms with Gasteiger partial charge < -0.3 is 68.3 Å². The largest absolute Gasteiger partial charge is 2.00 e. The third kappa shape index (κ3) is 10.9. The molecular weight excluding hydrogens is 459 g/mol. The van der Waals surface area contributed by atoms with Crippen molar-refractivity contribution >= 4 is 11.9 Å². The Morgan fingerprint density at radius 2 is 0.800 bits per heavy atom. The molecular formula is C16H32NiO13+6. The van der Waals surface area contributed by atoms with Gasteiger partial charge in [0.1, 0.15) is 12.2 Å². The van der Waals surface area contributed by atoms with Gasteiger partial charge in [-0.15, -0.1) is 0 Å². The van der Waals surface area contributed by atoms with Crippen molar-refractivity contribution in [3.05, 3.63) is 70.8 Å². The normalized spacial score (nSPS) is 9.80. The van der Waals surface area contributed by atoms with E-state index in [2.05, 4.69) is 0 Å². The van der Waals surface area contributed by atoms with Crippen LogP contribution in [0.2, 0.25) is 0 Å². The van der Waals surface area contributed by atoms with Crippen molar-refractivity contribution in [2.45, 2.75) is 12.2 Å². The summed E-state index contributed by atoms with van der Waals surface area (Å²) in [6.07, 6.45) is -2.57. The third-order valence-corrected chi connectivity index (χ3v) is 3.27. The number of hydrogen-bond acceptors (Lipinski definition) is 6. The Morgan fingerprint density at radius 3 is 0.967 bits per heavy atom. The van der Waals surface area contributed by atoms with Crippen LogP contribution in [0.1, 0.15) is 44.1 Å². The number of aliphatic hydroxyl groups is 2. The van der Waals surface area contributed by atoms with E-state index in [-0.39, 0.29) is 66.0 Å². The van der Waals surface area contributed by atoms with E-state index in [1.165, 1.54) is 48.5 Å². The molecule has 178 valence electrons. The molecule has 2 rings (SSSR count). The van der Waals surface area contributed by atoms with E-state index in [0.717, 1.165) is 0 Å². The fourth-order valence-corrected chi connectivity index (χ4v) is 2.00. The van der Waals surface area contributed by atoms with Gasteiger partial charge in [-0.3, -0.25) is 0 Å². The quantitative estimate of drug-likeness (QED) is 0.302. The summed E-state index contributed by atoms with van der Waals surface area (Å²) in [6, 6.07) is 10.5. The molecule has 0 heterocycles. The first-order valence-electron chi connectivity index (χ1n) is 6.39. The number of carbonyl (C=O) groups excluding carboxylic acids is 2. The standard InChI is InChI=1S/C16H14O6.Ni.7H2O/c17-13(9-1-5-11(6-2-9)15(19)20)14(18)10-3-7-12(8-4-10)16(21)22;;;;;;;;/h1-8,13-14,17-18H,(H,19,20)(H,21,22);;7*1H2/q;+2;;;;;;;/p+4/t13-,14+;;;;;;;;. The van der Waals surface area contributed by atoms with Crippen molar-refractivity contribution in [1.82, 2.24) is 0 Å². The Morgan fingerprint density at radius 1 is 0.600 bits per heavy atom. The monoisotopic (exact) mass is 490 g/mol. The minimum Gasteiger partial charge on any atom is -0.545 e. The van der Waals surface area contributed by atoms with E-state index in [0.29, 0.717) is 11.1 Å². The first-order chi connectivity index (χ1) is 10.4. The second-order valence-electron chi connectivity index (χ2n) is 4.71. The van der Waals surface area contributed by atoms with Crippen LogP contribution < -0.4 is 10.2 Å². The maximum Gasteiger partial charge on any atom is 2.00 e. The molecule has 0 bridgehead atoms. The van der Waals surface area contributed by atoms with Crippen LogP contribution in [-0.4, -0.2) is 27.6 Å². The molecule has 0 aromatic heterocycles. The van der Waals surface area contributed by atoms with Gasteiger partial charge in [0.15, 0.2) is 0 Å². The zero-order valence-corrected chi connectivity index (χ0v) is 16.6. The van der Waals surface area contributed by atoms with Crippen molar-refractivity contribution in [3.8, 4) is 0 Å². The number of aromatic carboxylic acids is 2. The van der Waals surface area contributed by atoms with Gasteiger partial charge in [0, 0.05) is 0 Å². The van der Waals surface area contributed by atoms with Crippen LogP contribution in [0.5, 0.6) is 0 Å². The SMILES string of the molecule is O.O=C([O-])c1ccc([C@@H](O)[C@@H](O)c2ccc(C(=O)[O-])cc2)cc1.[Ni+2].[OH3+].[OH3+].[OH3+].[OH3+].[OH3+].[OH3+]. The minimum atomic E-state index is -1.33. The van der Waals surface area contributed by atoms with Gasteiger partial charge in [-0.25, -0.2) is 0 Å². The van der Waals surface area contributed by atoms with Crippen LogP contribution in [0.4, 0.5) is 0 Å². The van der Waals surface area contributed by atoms with Gasteiger partial charge in [-0.05, 0) is 22.3 Å². The maximum absolute atomic E-state index is 10.6.